The third-order valence-electron chi connectivity index (χ3n) is 5.06. The molecule has 0 amide bonds. The van der Waals surface area contributed by atoms with Crippen LogP contribution in [0.1, 0.15) is 33.6 Å². The van der Waals surface area contributed by atoms with Crippen molar-refractivity contribution < 1.29 is 4.74 Å². The fourth-order valence-electron chi connectivity index (χ4n) is 4.59. The number of ether oxygens (including phenoxy) is 1. The monoisotopic (exact) mass is 206 g/mol. The molecular weight excluding hydrogens is 184 g/mol. The molecule has 0 aromatic heterocycles. The van der Waals surface area contributed by atoms with Gasteiger partial charge in [-0.1, -0.05) is 13.0 Å². The Labute approximate surface area is 92.9 Å². The molecule has 84 valence electrons. The van der Waals surface area contributed by atoms with Crippen LogP contribution in [0.15, 0.2) is 11.6 Å². The van der Waals surface area contributed by atoms with Gasteiger partial charge in [-0.25, -0.2) is 0 Å². The minimum atomic E-state index is 0.461. The second-order valence-corrected chi connectivity index (χ2v) is 5.81. The summed E-state index contributed by atoms with van der Waals surface area (Å²) in [5.41, 5.74) is 1.51. The SMILES string of the molecule is CCOC1C(C)=CC2C3CC(CC3C)C12. The fraction of sp³-hybridized carbons (Fsp3) is 0.857. The van der Waals surface area contributed by atoms with E-state index in [1.807, 2.05) is 0 Å². The van der Waals surface area contributed by atoms with E-state index >= 15 is 0 Å². The minimum Gasteiger partial charge on any atom is -0.374 e. The van der Waals surface area contributed by atoms with Gasteiger partial charge in [0.15, 0.2) is 0 Å². The Morgan fingerprint density at radius 1 is 1.40 bits per heavy atom. The van der Waals surface area contributed by atoms with Gasteiger partial charge >= 0.3 is 0 Å². The summed E-state index contributed by atoms with van der Waals surface area (Å²) in [7, 11) is 0. The quantitative estimate of drug-likeness (QED) is 0.630. The van der Waals surface area contributed by atoms with E-state index in [1.54, 1.807) is 0 Å². The van der Waals surface area contributed by atoms with Crippen LogP contribution < -0.4 is 0 Å². The van der Waals surface area contributed by atoms with Crippen LogP contribution >= 0.6 is 0 Å². The number of fused-ring (bicyclic) bond motifs is 5. The molecular formula is C14H22O. The van der Waals surface area contributed by atoms with E-state index < -0.39 is 0 Å². The van der Waals surface area contributed by atoms with Crippen LogP contribution in [0.3, 0.4) is 0 Å². The number of hydrogen-bond acceptors (Lipinski definition) is 1. The van der Waals surface area contributed by atoms with E-state index in [2.05, 4.69) is 26.8 Å². The van der Waals surface area contributed by atoms with E-state index in [0.717, 1.165) is 36.2 Å². The second-order valence-electron chi connectivity index (χ2n) is 5.81. The highest BCUT2D eigenvalue weighted by molar-refractivity contribution is 5.24. The Morgan fingerprint density at radius 2 is 2.20 bits per heavy atom. The molecule has 2 saturated carbocycles. The van der Waals surface area contributed by atoms with Crippen LogP contribution in [0.4, 0.5) is 0 Å². The molecule has 0 aromatic rings. The Morgan fingerprint density at radius 3 is 2.93 bits per heavy atom. The molecule has 1 nitrogen and oxygen atoms in total. The maximum Gasteiger partial charge on any atom is 0.0818 e. The highest BCUT2D eigenvalue weighted by atomic mass is 16.5. The van der Waals surface area contributed by atoms with Gasteiger partial charge in [0.05, 0.1) is 6.10 Å². The summed E-state index contributed by atoms with van der Waals surface area (Å²) in [4.78, 5) is 0. The molecule has 1 heteroatoms. The molecule has 15 heavy (non-hydrogen) atoms. The average Bonchev–Trinajstić information content (AvgIpc) is 2.79. The van der Waals surface area contributed by atoms with Crippen LogP contribution in [0.5, 0.6) is 0 Å². The molecule has 3 aliphatic rings. The van der Waals surface area contributed by atoms with Crippen LogP contribution in [0.2, 0.25) is 0 Å². The first kappa shape index (κ1) is 9.89. The topological polar surface area (TPSA) is 9.23 Å². The minimum absolute atomic E-state index is 0.461. The van der Waals surface area contributed by atoms with Crippen molar-refractivity contribution in [2.45, 2.75) is 39.7 Å². The highest BCUT2D eigenvalue weighted by Gasteiger charge is 2.55. The van der Waals surface area contributed by atoms with Crippen molar-refractivity contribution >= 4 is 0 Å². The van der Waals surface area contributed by atoms with Crippen molar-refractivity contribution in [1.29, 1.82) is 0 Å². The van der Waals surface area contributed by atoms with Gasteiger partial charge in [-0.2, -0.15) is 0 Å². The first-order valence-electron chi connectivity index (χ1n) is 6.52. The average molecular weight is 206 g/mol. The summed E-state index contributed by atoms with van der Waals surface area (Å²) in [5, 5.41) is 0. The van der Waals surface area contributed by atoms with Crippen molar-refractivity contribution in [2.75, 3.05) is 6.61 Å². The van der Waals surface area contributed by atoms with E-state index in [-0.39, 0.29) is 0 Å². The Hall–Kier alpha value is -0.300. The number of rotatable bonds is 2. The van der Waals surface area contributed by atoms with Gasteiger partial charge in [0.2, 0.25) is 0 Å². The van der Waals surface area contributed by atoms with Crippen LogP contribution in [-0.4, -0.2) is 12.7 Å². The first-order valence-corrected chi connectivity index (χ1v) is 6.52. The Bertz CT molecular complexity index is 294. The molecule has 3 rings (SSSR count). The van der Waals surface area contributed by atoms with E-state index in [9.17, 15) is 0 Å². The maximum atomic E-state index is 5.95. The summed E-state index contributed by atoms with van der Waals surface area (Å²) in [6.45, 7) is 7.70. The zero-order valence-electron chi connectivity index (χ0n) is 10.1. The molecule has 2 bridgehead atoms. The van der Waals surface area contributed by atoms with Crippen molar-refractivity contribution in [2.24, 2.45) is 29.6 Å². The van der Waals surface area contributed by atoms with Gasteiger partial charge in [0.25, 0.3) is 0 Å². The smallest absolute Gasteiger partial charge is 0.0818 e. The van der Waals surface area contributed by atoms with E-state index in [4.69, 9.17) is 4.74 Å². The Balaban J connectivity index is 1.85. The highest BCUT2D eigenvalue weighted by Crippen LogP contribution is 2.60. The predicted octanol–water partition coefficient (Wildman–Crippen LogP) is 3.26. The van der Waals surface area contributed by atoms with Gasteiger partial charge in [-0.05, 0) is 61.9 Å². The summed E-state index contributed by atoms with van der Waals surface area (Å²) in [6, 6.07) is 0. The van der Waals surface area contributed by atoms with Crippen molar-refractivity contribution in [3.63, 3.8) is 0 Å². The van der Waals surface area contributed by atoms with Crippen LogP contribution in [0, 0.1) is 29.6 Å². The standard InChI is InChI=1S/C14H22O/c1-4-15-14-9(3)6-12-11-7-10(13(12)14)5-8(11)2/h6,8,10-14H,4-5,7H2,1-3H3. The summed E-state index contributed by atoms with van der Waals surface area (Å²) < 4.78 is 5.95. The molecule has 0 spiro atoms. The van der Waals surface area contributed by atoms with Crippen LogP contribution in [-0.2, 0) is 4.74 Å². The molecule has 6 unspecified atom stereocenters. The van der Waals surface area contributed by atoms with Gasteiger partial charge < -0.3 is 4.74 Å². The molecule has 3 aliphatic carbocycles. The molecule has 6 atom stereocenters. The van der Waals surface area contributed by atoms with Gasteiger partial charge in [0, 0.05) is 6.61 Å². The molecule has 0 heterocycles. The lowest BCUT2D eigenvalue weighted by molar-refractivity contribution is 0.0183. The molecule has 0 N–H and O–H groups in total. The Kier molecular flexibility index (Phi) is 2.21. The summed E-state index contributed by atoms with van der Waals surface area (Å²) >= 11 is 0. The largest absolute Gasteiger partial charge is 0.374 e. The number of hydrogen-bond donors (Lipinski definition) is 0. The third kappa shape index (κ3) is 1.25. The lowest BCUT2D eigenvalue weighted by Crippen LogP contribution is -2.32. The molecule has 2 fully saturated rings. The van der Waals surface area contributed by atoms with Gasteiger partial charge in [-0.15, -0.1) is 0 Å². The first-order chi connectivity index (χ1) is 7.22. The van der Waals surface area contributed by atoms with Gasteiger partial charge in [0.1, 0.15) is 0 Å². The molecule has 0 radical (unpaired) electrons. The predicted molar refractivity (Wildman–Crippen MR) is 61.5 cm³/mol. The normalized spacial score (nSPS) is 52.1. The zero-order chi connectivity index (χ0) is 10.6. The second kappa shape index (κ2) is 3.35. The fourth-order valence-corrected chi connectivity index (χ4v) is 4.59. The van der Waals surface area contributed by atoms with E-state index in [1.165, 1.54) is 18.4 Å². The lowest BCUT2D eigenvalue weighted by Gasteiger charge is -2.32. The van der Waals surface area contributed by atoms with E-state index in [0.29, 0.717) is 6.10 Å². The lowest BCUT2D eigenvalue weighted by atomic mass is 9.75. The van der Waals surface area contributed by atoms with Gasteiger partial charge in [-0.3, -0.25) is 0 Å². The van der Waals surface area contributed by atoms with Crippen molar-refractivity contribution in [1.82, 2.24) is 0 Å². The molecule has 0 aliphatic heterocycles. The summed E-state index contributed by atoms with van der Waals surface area (Å²) in [5.74, 6) is 4.59. The molecule has 0 aromatic carbocycles. The van der Waals surface area contributed by atoms with Crippen LogP contribution in [0.25, 0.3) is 0 Å². The third-order valence-corrected chi connectivity index (χ3v) is 5.06. The molecule has 0 saturated heterocycles. The maximum absolute atomic E-state index is 5.95. The van der Waals surface area contributed by atoms with Crippen molar-refractivity contribution in [3.05, 3.63) is 11.6 Å². The summed E-state index contributed by atoms with van der Waals surface area (Å²) in [6.07, 6.45) is 5.92. The van der Waals surface area contributed by atoms with Crippen molar-refractivity contribution in [3.8, 4) is 0 Å². The number of allylic oxidation sites excluding steroid dienone is 1. The zero-order valence-corrected chi connectivity index (χ0v) is 10.1.